The lowest BCUT2D eigenvalue weighted by Crippen LogP contribution is -2.32. The van der Waals surface area contributed by atoms with E-state index >= 15 is 0 Å². The van der Waals surface area contributed by atoms with E-state index in [4.69, 9.17) is 0 Å². The third kappa shape index (κ3) is 2.30. The van der Waals surface area contributed by atoms with Crippen LogP contribution in [0.2, 0.25) is 0 Å². The smallest absolute Gasteiger partial charge is 0.248 e. The molecule has 1 aliphatic rings. The van der Waals surface area contributed by atoms with Crippen LogP contribution in [0.3, 0.4) is 0 Å². The van der Waals surface area contributed by atoms with Crippen molar-refractivity contribution < 1.29 is 15.0 Å². The summed E-state index contributed by atoms with van der Waals surface area (Å²) in [6.45, 7) is 2.36. The van der Waals surface area contributed by atoms with E-state index in [0.717, 1.165) is 5.56 Å². The van der Waals surface area contributed by atoms with Gasteiger partial charge < -0.3 is 15.1 Å². The van der Waals surface area contributed by atoms with Crippen molar-refractivity contribution >= 4 is 17.3 Å². The maximum Gasteiger partial charge on any atom is 0.248 e. The Hall–Kier alpha value is -2.82. The van der Waals surface area contributed by atoms with Gasteiger partial charge in [0.05, 0.1) is 11.4 Å². The number of aliphatic imine (C=N–C) groups is 1. The molecule has 0 bridgehead atoms. The molecule has 5 heteroatoms. The van der Waals surface area contributed by atoms with Crippen LogP contribution in [0.15, 0.2) is 47.5 Å². The summed E-state index contributed by atoms with van der Waals surface area (Å²) in [5, 5.41) is 19.6. The Kier molecular flexibility index (Phi) is 3.55. The predicted molar refractivity (Wildman–Crippen MR) is 84.7 cm³/mol. The van der Waals surface area contributed by atoms with Gasteiger partial charge in [0.1, 0.15) is 6.54 Å². The van der Waals surface area contributed by atoms with Gasteiger partial charge in [-0.3, -0.25) is 9.79 Å². The van der Waals surface area contributed by atoms with Gasteiger partial charge in [-0.25, -0.2) is 0 Å². The van der Waals surface area contributed by atoms with Gasteiger partial charge in [-0.15, -0.1) is 0 Å². The second-order valence-corrected chi connectivity index (χ2v) is 5.03. The van der Waals surface area contributed by atoms with Crippen LogP contribution in [0.25, 0.3) is 0 Å². The molecule has 0 saturated carbocycles. The molecule has 0 aromatic heterocycles. The quantitative estimate of drug-likeness (QED) is 0.835. The minimum atomic E-state index is -0.251. The molecule has 0 aliphatic carbocycles. The molecule has 22 heavy (non-hydrogen) atoms. The largest absolute Gasteiger partial charge is 0.504 e. The highest BCUT2D eigenvalue weighted by Gasteiger charge is 2.25. The zero-order valence-corrected chi connectivity index (χ0v) is 12.2. The molecule has 0 radical (unpaired) electrons. The van der Waals surface area contributed by atoms with E-state index in [1.165, 1.54) is 12.1 Å². The summed E-state index contributed by atoms with van der Waals surface area (Å²) in [6.07, 6.45) is 0. The minimum Gasteiger partial charge on any atom is -0.504 e. The second-order valence-electron chi connectivity index (χ2n) is 5.03. The van der Waals surface area contributed by atoms with Crippen molar-refractivity contribution in [1.82, 2.24) is 0 Å². The first-order valence-corrected chi connectivity index (χ1v) is 7.08. The van der Waals surface area contributed by atoms with Crippen molar-refractivity contribution in [1.29, 1.82) is 0 Å². The Morgan fingerprint density at radius 1 is 1.14 bits per heavy atom. The number of carbonyl (C=O) groups is 1. The number of phenolic OH excluding ortho intramolecular Hbond substituents is 2. The zero-order chi connectivity index (χ0) is 15.7. The van der Waals surface area contributed by atoms with Gasteiger partial charge in [-0.05, 0) is 13.0 Å². The van der Waals surface area contributed by atoms with Crippen molar-refractivity contribution in [2.45, 2.75) is 6.92 Å². The molecular weight excluding hydrogens is 280 g/mol. The van der Waals surface area contributed by atoms with Gasteiger partial charge in [-0.1, -0.05) is 30.3 Å². The molecule has 0 atom stereocenters. The molecule has 0 unspecified atom stereocenters. The molecule has 5 nitrogen and oxygen atoms in total. The number of fused-ring (bicyclic) bond motifs is 1. The SMILES string of the molecule is CCN1C(=O)CN=C(c2ccccc2)c2cc(O)c(O)cc21. The van der Waals surface area contributed by atoms with Crippen molar-refractivity contribution in [2.75, 3.05) is 18.0 Å². The second kappa shape index (κ2) is 5.52. The number of benzodiazepines with no additional fused rings is 1. The van der Waals surface area contributed by atoms with Crippen molar-refractivity contribution in [2.24, 2.45) is 4.99 Å². The van der Waals surface area contributed by atoms with E-state index in [1.807, 2.05) is 37.3 Å². The maximum absolute atomic E-state index is 12.3. The van der Waals surface area contributed by atoms with E-state index in [0.29, 0.717) is 23.5 Å². The maximum atomic E-state index is 12.3. The van der Waals surface area contributed by atoms with Gasteiger partial charge in [0.15, 0.2) is 11.5 Å². The van der Waals surface area contributed by atoms with Gasteiger partial charge >= 0.3 is 0 Å². The summed E-state index contributed by atoms with van der Waals surface area (Å²) >= 11 is 0. The van der Waals surface area contributed by atoms with Crippen LogP contribution in [-0.2, 0) is 4.79 Å². The third-order valence-corrected chi connectivity index (χ3v) is 3.68. The van der Waals surface area contributed by atoms with Crippen LogP contribution >= 0.6 is 0 Å². The number of amides is 1. The summed E-state index contributed by atoms with van der Waals surface area (Å²) < 4.78 is 0. The van der Waals surface area contributed by atoms with E-state index in [1.54, 1.807) is 4.90 Å². The van der Waals surface area contributed by atoms with Crippen molar-refractivity contribution in [3.05, 3.63) is 53.6 Å². The molecule has 0 spiro atoms. The molecule has 2 aromatic carbocycles. The van der Waals surface area contributed by atoms with Gasteiger partial charge in [-0.2, -0.15) is 0 Å². The number of anilines is 1. The first-order chi connectivity index (χ1) is 10.6. The standard InChI is InChI=1S/C17H16N2O3/c1-2-19-13-9-15(21)14(20)8-12(13)17(18-10-16(19)22)11-6-4-3-5-7-11/h3-9,20-21H,2,10H2,1H3. The molecule has 0 saturated heterocycles. The van der Waals surface area contributed by atoms with Crippen LogP contribution in [0.1, 0.15) is 18.1 Å². The van der Waals surface area contributed by atoms with Crippen LogP contribution in [0.4, 0.5) is 5.69 Å². The van der Waals surface area contributed by atoms with Gasteiger partial charge in [0.2, 0.25) is 5.91 Å². The monoisotopic (exact) mass is 296 g/mol. The first kappa shape index (κ1) is 14.1. The fourth-order valence-corrected chi connectivity index (χ4v) is 2.62. The number of likely N-dealkylation sites (N-methyl/N-ethyl adjacent to an activating group) is 1. The number of hydrogen-bond acceptors (Lipinski definition) is 4. The molecule has 1 aliphatic heterocycles. The predicted octanol–water partition coefficient (Wildman–Crippen LogP) is 2.30. The van der Waals surface area contributed by atoms with Gasteiger partial charge in [0, 0.05) is 23.7 Å². The third-order valence-electron chi connectivity index (χ3n) is 3.68. The highest BCUT2D eigenvalue weighted by molar-refractivity contribution is 6.19. The Morgan fingerprint density at radius 2 is 1.82 bits per heavy atom. The molecule has 112 valence electrons. The lowest BCUT2D eigenvalue weighted by atomic mass is 9.99. The van der Waals surface area contributed by atoms with Crippen molar-refractivity contribution in [3.63, 3.8) is 0 Å². The number of hydrogen-bond donors (Lipinski definition) is 2. The summed E-state index contributed by atoms with van der Waals surface area (Å²) in [4.78, 5) is 18.2. The van der Waals surface area contributed by atoms with Crippen LogP contribution in [0, 0.1) is 0 Å². The minimum absolute atomic E-state index is 0.0360. The van der Waals surface area contributed by atoms with Crippen LogP contribution in [-0.4, -0.2) is 34.9 Å². The topological polar surface area (TPSA) is 73.1 Å². The first-order valence-electron chi connectivity index (χ1n) is 7.08. The summed E-state index contributed by atoms with van der Waals surface area (Å²) in [7, 11) is 0. The van der Waals surface area contributed by atoms with Crippen LogP contribution < -0.4 is 4.90 Å². The molecular formula is C17H16N2O3. The van der Waals surface area contributed by atoms with E-state index in [9.17, 15) is 15.0 Å². The van der Waals surface area contributed by atoms with E-state index < -0.39 is 0 Å². The number of phenols is 2. The normalized spacial score (nSPS) is 14.3. The number of carbonyl (C=O) groups excluding carboxylic acids is 1. The highest BCUT2D eigenvalue weighted by atomic mass is 16.3. The molecule has 1 heterocycles. The number of rotatable bonds is 2. The zero-order valence-electron chi connectivity index (χ0n) is 12.2. The Morgan fingerprint density at radius 3 is 2.50 bits per heavy atom. The highest BCUT2D eigenvalue weighted by Crippen LogP contribution is 2.36. The van der Waals surface area contributed by atoms with Gasteiger partial charge in [0.25, 0.3) is 0 Å². The molecule has 0 fully saturated rings. The average Bonchev–Trinajstić information content (AvgIpc) is 2.65. The fourth-order valence-electron chi connectivity index (χ4n) is 2.62. The Balaban J connectivity index is 2.26. The van der Waals surface area contributed by atoms with E-state index in [2.05, 4.69) is 4.99 Å². The molecule has 3 rings (SSSR count). The molecule has 2 N–H and O–H groups in total. The Bertz CT molecular complexity index is 754. The summed E-state index contributed by atoms with van der Waals surface area (Å²) in [5.74, 6) is -0.619. The number of benzene rings is 2. The average molecular weight is 296 g/mol. The number of aromatic hydroxyl groups is 2. The number of nitrogens with zero attached hydrogens (tertiary/aromatic N) is 2. The van der Waals surface area contributed by atoms with Crippen molar-refractivity contribution in [3.8, 4) is 11.5 Å². The summed E-state index contributed by atoms with van der Waals surface area (Å²) in [5.41, 5.74) is 2.69. The summed E-state index contributed by atoms with van der Waals surface area (Å²) in [6, 6.07) is 12.4. The van der Waals surface area contributed by atoms with E-state index in [-0.39, 0.29) is 24.0 Å². The fraction of sp³-hybridized carbons (Fsp3) is 0.176. The lowest BCUT2D eigenvalue weighted by Gasteiger charge is -2.21. The lowest BCUT2D eigenvalue weighted by molar-refractivity contribution is -0.117. The molecule has 1 amide bonds. The Labute approximate surface area is 128 Å². The van der Waals surface area contributed by atoms with Crippen LogP contribution in [0.5, 0.6) is 11.5 Å². The molecule has 2 aromatic rings.